The van der Waals surface area contributed by atoms with Gasteiger partial charge in [0.05, 0.1) is 0 Å². The van der Waals surface area contributed by atoms with Crippen LogP contribution in [0, 0.1) is 5.21 Å². The third kappa shape index (κ3) is 4.70. The van der Waals surface area contributed by atoms with E-state index in [2.05, 4.69) is 5.32 Å². The minimum atomic E-state index is -0.837. The van der Waals surface area contributed by atoms with E-state index in [0.717, 1.165) is 11.3 Å². The second-order valence-electron chi connectivity index (χ2n) is 5.33. The second-order valence-corrected chi connectivity index (χ2v) is 5.33. The molecule has 0 aliphatic rings. The van der Waals surface area contributed by atoms with E-state index in [4.69, 9.17) is 4.74 Å². The molecule has 7 heteroatoms. The third-order valence-electron chi connectivity index (χ3n) is 3.31. The predicted molar refractivity (Wildman–Crippen MR) is 88.3 cm³/mol. The van der Waals surface area contributed by atoms with Crippen molar-refractivity contribution in [1.29, 1.82) is 0 Å². The van der Waals surface area contributed by atoms with Gasteiger partial charge in [0.15, 0.2) is 12.8 Å². The highest BCUT2D eigenvalue weighted by molar-refractivity contribution is 5.88. The van der Waals surface area contributed by atoms with Crippen molar-refractivity contribution in [3.8, 4) is 0 Å². The topological polar surface area (TPSA) is 85.6 Å². The van der Waals surface area contributed by atoms with Crippen LogP contribution in [0.15, 0.2) is 48.7 Å². The number of nitrogens with one attached hydrogen (secondary N) is 1. The van der Waals surface area contributed by atoms with Gasteiger partial charge in [-0.15, -0.1) is 0 Å². The van der Waals surface area contributed by atoms with Gasteiger partial charge in [-0.05, 0) is 23.8 Å². The van der Waals surface area contributed by atoms with Crippen LogP contribution in [0.5, 0.6) is 0 Å². The molecule has 1 amide bonds. The molecule has 0 fully saturated rings. The van der Waals surface area contributed by atoms with E-state index >= 15 is 0 Å². The van der Waals surface area contributed by atoms with Gasteiger partial charge in [-0.25, -0.2) is 4.79 Å². The summed E-state index contributed by atoms with van der Waals surface area (Å²) in [5.74, 6) is -1.27. The SMILES string of the molecule is CN(C)c1ccc(CNC(=O)COC(=O)c2cccc[n+]2[O-])cc1. The van der Waals surface area contributed by atoms with Crippen LogP contribution in [0.1, 0.15) is 16.1 Å². The van der Waals surface area contributed by atoms with Crippen LogP contribution in [0.2, 0.25) is 0 Å². The highest BCUT2D eigenvalue weighted by Gasteiger charge is 2.17. The summed E-state index contributed by atoms with van der Waals surface area (Å²) in [5.41, 5.74) is 1.83. The lowest BCUT2D eigenvalue weighted by atomic mass is 10.2. The lowest BCUT2D eigenvalue weighted by Crippen LogP contribution is -2.36. The molecule has 0 saturated carbocycles. The second kappa shape index (κ2) is 7.96. The molecule has 0 unspecified atom stereocenters. The Kier molecular flexibility index (Phi) is 5.73. The number of hydrogen-bond acceptors (Lipinski definition) is 5. The quantitative estimate of drug-likeness (QED) is 0.483. The first kappa shape index (κ1) is 17.3. The van der Waals surface area contributed by atoms with Crippen LogP contribution in [-0.2, 0) is 16.1 Å². The molecule has 0 bridgehead atoms. The molecule has 126 valence electrons. The maximum atomic E-state index is 11.7. The highest BCUT2D eigenvalue weighted by atomic mass is 16.5. The van der Waals surface area contributed by atoms with Crippen molar-refractivity contribution < 1.29 is 19.1 Å². The first-order valence-electron chi connectivity index (χ1n) is 7.35. The molecule has 2 aromatic rings. The summed E-state index contributed by atoms with van der Waals surface area (Å²) in [5, 5.41) is 14.1. The zero-order valence-corrected chi connectivity index (χ0v) is 13.6. The molecule has 1 N–H and O–H groups in total. The molecular formula is C17H19N3O4. The Hall–Kier alpha value is -3.09. The Bertz CT molecular complexity index is 714. The first-order chi connectivity index (χ1) is 11.5. The largest absolute Gasteiger partial charge is 0.618 e. The number of rotatable bonds is 6. The number of ether oxygens (including phenoxy) is 1. The number of hydrogen-bond donors (Lipinski definition) is 1. The van der Waals surface area contributed by atoms with Crippen molar-refractivity contribution in [1.82, 2.24) is 5.32 Å². The monoisotopic (exact) mass is 329 g/mol. The fourth-order valence-corrected chi connectivity index (χ4v) is 1.95. The fraction of sp³-hybridized carbons (Fsp3) is 0.235. The Morgan fingerprint density at radius 3 is 2.50 bits per heavy atom. The van der Waals surface area contributed by atoms with Crippen molar-refractivity contribution in [2.75, 3.05) is 25.6 Å². The number of benzene rings is 1. The molecule has 0 aliphatic carbocycles. The molecule has 2 rings (SSSR count). The van der Waals surface area contributed by atoms with Crippen LogP contribution >= 0.6 is 0 Å². The normalized spacial score (nSPS) is 10.1. The lowest BCUT2D eigenvalue weighted by molar-refractivity contribution is -0.608. The van der Waals surface area contributed by atoms with Gasteiger partial charge < -0.3 is 20.2 Å². The third-order valence-corrected chi connectivity index (χ3v) is 3.31. The smallest absolute Gasteiger partial charge is 0.405 e. The molecule has 0 radical (unpaired) electrons. The summed E-state index contributed by atoms with van der Waals surface area (Å²) in [6, 6.07) is 12.1. The molecule has 1 heterocycles. The van der Waals surface area contributed by atoms with E-state index in [1.165, 1.54) is 18.3 Å². The molecule has 0 atom stereocenters. The van der Waals surface area contributed by atoms with E-state index in [9.17, 15) is 14.8 Å². The number of pyridine rings is 1. The zero-order valence-electron chi connectivity index (χ0n) is 13.6. The van der Waals surface area contributed by atoms with E-state index in [1.807, 2.05) is 43.3 Å². The summed E-state index contributed by atoms with van der Waals surface area (Å²) in [4.78, 5) is 25.4. The van der Waals surface area contributed by atoms with Gasteiger partial charge in [0.25, 0.3) is 5.91 Å². The Labute approximate surface area is 140 Å². The average molecular weight is 329 g/mol. The zero-order chi connectivity index (χ0) is 17.5. The van der Waals surface area contributed by atoms with E-state index < -0.39 is 18.5 Å². The highest BCUT2D eigenvalue weighted by Crippen LogP contribution is 2.11. The van der Waals surface area contributed by atoms with E-state index in [0.29, 0.717) is 11.3 Å². The van der Waals surface area contributed by atoms with Crippen LogP contribution in [0.3, 0.4) is 0 Å². The van der Waals surface area contributed by atoms with Crippen LogP contribution in [-0.4, -0.2) is 32.6 Å². The van der Waals surface area contributed by atoms with Gasteiger partial charge >= 0.3 is 11.7 Å². The summed E-state index contributed by atoms with van der Waals surface area (Å²) in [7, 11) is 3.90. The Morgan fingerprint density at radius 2 is 1.88 bits per heavy atom. The van der Waals surface area contributed by atoms with E-state index in [-0.39, 0.29) is 5.69 Å². The number of carbonyl (C=O) groups excluding carboxylic acids is 2. The van der Waals surface area contributed by atoms with Crippen molar-refractivity contribution >= 4 is 17.6 Å². The predicted octanol–water partition coefficient (Wildman–Crippen LogP) is 0.859. The van der Waals surface area contributed by atoms with Gasteiger partial charge in [0.1, 0.15) is 0 Å². The maximum absolute atomic E-state index is 11.7. The molecule has 7 nitrogen and oxygen atoms in total. The number of esters is 1. The van der Waals surface area contributed by atoms with Gasteiger partial charge in [0, 0.05) is 38.5 Å². The number of carbonyl (C=O) groups is 2. The molecule has 0 saturated heterocycles. The molecule has 1 aromatic carbocycles. The summed E-state index contributed by atoms with van der Waals surface area (Å²) in [6.45, 7) is -0.111. The van der Waals surface area contributed by atoms with Crippen LogP contribution in [0.25, 0.3) is 0 Å². The van der Waals surface area contributed by atoms with Crippen LogP contribution in [0.4, 0.5) is 5.69 Å². The molecule has 0 spiro atoms. The van der Waals surface area contributed by atoms with Gasteiger partial charge in [-0.2, -0.15) is 4.73 Å². The van der Waals surface area contributed by atoms with Crippen molar-refractivity contribution in [2.24, 2.45) is 0 Å². The lowest BCUT2D eigenvalue weighted by Gasteiger charge is -2.13. The van der Waals surface area contributed by atoms with Crippen LogP contribution < -0.4 is 14.9 Å². The first-order valence-corrected chi connectivity index (χ1v) is 7.35. The number of aromatic nitrogens is 1. The van der Waals surface area contributed by atoms with Crippen molar-refractivity contribution in [3.63, 3.8) is 0 Å². The Balaban J connectivity index is 1.79. The standard InChI is InChI=1S/C17H19N3O4/c1-19(2)14-8-6-13(7-9-14)11-18-16(21)12-24-17(22)15-5-3-4-10-20(15)23/h3-10H,11-12H2,1-2H3,(H,18,21). The summed E-state index contributed by atoms with van der Waals surface area (Å²) >= 11 is 0. The van der Waals surface area contributed by atoms with Crippen molar-refractivity contribution in [2.45, 2.75) is 6.54 Å². The fourth-order valence-electron chi connectivity index (χ4n) is 1.95. The maximum Gasteiger partial charge on any atom is 0.405 e. The summed E-state index contributed by atoms with van der Waals surface area (Å²) < 4.78 is 5.23. The molecular weight excluding hydrogens is 310 g/mol. The number of amides is 1. The van der Waals surface area contributed by atoms with Gasteiger partial charge in [-0.3, -0.25) is 4.79 Å². The minimum Gasteiger partial charge on any atom is -0.618 e. The molecule has 0 aliphatic heterocycles. The molecule has 24 heavy (non-hydrogen) atoms. The molecule has 1 aromatic heterocycles. The Morgan fingerprint density at radius 1 is 1.17 bits per heavy atom. The van der Waals surface area contributed by atoms with Gasteiger partial charge in [-0.1, -0.05) is 12.1 Å². The summed E-state index contributed by atoms with van der Waals surface area (Å²) in [6.07, 6.45) is 1.19. The minimum absolute atomic E-state index is 0.162. The number of nitrogens with zero attached hydrogens (tertiary/aromatic N) is 2. The average Bonchev–Trinajstić information content (AvgIpc) is 2.58. The van der Waals surface area contributed by atoms with E-state index in [1.54, 1.807) is 6.07 Å². The number of anilines is 1. The van der Waals surface area contributed by atoms with Crippen molar-refractivity contribution in [3.05, 3.63) is 65.1 Å². The van der Waals surface area contributed by atoms with Gasteiger partial charge in [0.2, 0.25) is 0 Å².